The van der Waals surface area contributed by atoms with Crippen molar-refractivity contribution in [2.75, 3.05) is 19.6 Å². The Labute approximate surface area is 193 Å². The molecule has 0 unspecified atom stereocenters. The summed E-state index contributed by atoms with van der Waals surface area (Å²) in [6.07, 6.45) is 0.546. The van der Waals surface area contributed by atoms with Gasteiger partial charge in [-0.3, -0.25) is 19.5 Å². The van der Waals surface area contributed by atoms with E-state index in [1.54, 1.807) is 11.8 Å². The number of nitrogens with one attached hydrogen (secondary N) is 2. The molecule has 2 N–H and O–H groups in total. The van der Waals surface area contributed by atoms with E-state index >= 15 is 0 Å². The number of aryl methyl sites for hydroxylation is 2. The zero-order chi connectivity index (χ0) is 23.5. The molecule has 7 nitrogen and oxygen atoms in total. The normalized spacial score (nSPS) is 16.4. The molecule has 1 fully saturated rings. The van der Waals surface area contributed by atoms with E-state index in [0.29, 0.717) is 31.6 Å². The van der Waals surface area contributed by atoms with Crippen molar-refractivity contribution in [1.82, 2.24) is 20.0 Å². The summed E-state index contributed by atoms with van der Waals surface area (Å²) in [4.78, 5) is 39.6. The molecule has 172 valence electrons. The average Bonchev–Trinajstić information content (AvgIpc) is 2.94. The van der Waals surface area contributed by atoms with Gasteiger partial charge in [-0.05, 0) is 43.9 Å². The highest BCUT2D eigenvalue weighted by Gasteiger charge is 2.28. The van der Waals surface area contributed by atoms with E-state index in [0.717, 1.165) is 22.4 Å². The van der Waals surface area contributed by atoms with E-state index < -0.39 is 0 Å². The standard InChI is InChI=1S/C26H30N4O3/c1-17-5-4-6-22(13-17)21-9-7-20(8-10-21)14-23-15-29(12-11-27-25(23)32)24(31)16-30-26(33)18(2)19(3)28-30/h4-10,13,23,28H,11-12,14-16H2,1-3H3,(H,27,32)/t23-/m1/s1. The lowest BCUT2D eigenvalue weighted by molar-refractivity contribution is -0.132. The predicted octanol–water partition coefficient (Wildman–Crippen LogP) is 2.59. The number of amides is 2. The van der Waals surface area contributed by atoms with Crippen molar-refractivity contribution in [3.8, 4) is 11.1 Å². The molecule has 0 aliphatic carbocycles. The Morgan fingerprint density at radius 1 is 1.03 bits per heavy atom. The molecule has 1 aliphatic rings. The lowest BCUT2D eigenvalue weighted by Gasteiger charge is -2.23. The summed E-state index contributed by atoms with van der Waals surface area (Å²) in [6, 6.07) is 16.6. The molecule has 0 bridgehead atoms. The fraction of sp³-hybridized carbons (Fsp3) is 0.346. The monoisotopic (exact) mass is 446 g/mol. The maximum Gasteiger partial charge on any atom is 0.270 e. The molecule has 7 heteroatoms. The number of aromatic nitrogens is 2. The number of hydrogen-bond donors (Lipinski definition) is 2. The Morgan fingerprint density at radius 2 is 1.79 bits per heavy atom. The SMILES string of the molecule is Cc1cccc(-c2ccc(C[C@@H]3CN(C(=O)Cn4[nH]c(C)c(C)c4=O)CCNC3=O)cc2)c1. The first-order valence-electron chi connectivity index (χ1n) is 11.3. The van der Waals surface area contributed by atoms with E-state index in [4.69, 9.17) is 0 Å². The molecule has 3 aromatic rings. The second-order valence-corrected chi connectivity index (χ2v) is 8.85. The molecule has 33 heavy (non-hydrogen) atoms. The minimum absolute atomic E-state index is 0.0446. The van der Waals surface area contributed by atoms with Crippen molar-refractivity contribution >= 4 is 11.8 Å². The number of carbonyl (C=O) groups excluding carboxylic acids is 2. The van der Waals surface area contributed by atoms with Crippen molar-refractivity contribution in [3.63, 3.8) is 0 Å². The first kappa shape index (κ1) is 22.6. The van der Waals surface area contributed by atoms with Crippen LogP contribution in [0.15, 0.2) is 53.3 Å². The number of carbonyl (C=O) groups is 2. The molecule has 1 atom stereocenters. The molecule has 1 saturated heterocycles. The van der Waals surface area contributed by atoms with Crippen molar-refractivity contribution in [1.29, 1.82) is 0 Å². The zero-order valence-corrected chi connectivity index (χ0v) is 19.4. The molecule has 2 heterocycles. The minimum atomic E-state index is -0.342. The van der Waals surface area contributed by atoms with Gasteiger partial charge in [0.25, 0.3) is 5.56 Å². The topological polar surface area (TPSA) is 87.2 Å². The summed E-state index contributed by atoms with van der Waals surface area (Å²) in [5.74, 6) is -0.559. The van der Waals surface area contributed by atoms with Gasteiger partial charge in [0.1, 0.15) is 6.54 Å². The number of hydrogen-bond acceptors (Lipinski definition) is 3. The molecule has 0 saturated carbocycles. The summed E-state index contributed by atoms with van der Waals surface area (Å²) < 4.78 is 1.34. The van der Waals surface area contributed by atoms with Crippen molar-refractivity contribution < 1.29 is 9.59 Å². The van der Waals surface area contributed by atoms with Gasteiger partial charge in [0.15, 0.2) is 0 Å². The van der Waals surface area contributed by atoms with E-state index in [9.17, 15) is 14.4 Å². The number of H-pyrrole nitrogens is 1. The molecule has 2 aromatic carbocycles. The van der Waals surface area contributed by atoms with E-state index in [1.165, 1.54) is 10.2 Å². The van der Waals surface area contributed by atoms with Gasteiger partial charge in [-0.1, -0.05) is 54.1 Å². The van der Waals surface area contributed by atoms with Gasteiger partial charge in [0.2, 0.25) is 11.8 Å². The Bertz CT molecular complexity index is 1220. The van der Waals surface area contributed by atoms with Crippen LogP contribution < -0.4 is 10.9 Å². The van der Waals surface area contributed by atoms with Crippen LogP contribution in [0, 0.1) is 26.7 Å². The number of nitrogens with zero attached hydrogens (tertiary/aromatic N) is 2. The first-order chi connectivity index (χ1) is 15.8. The molecule has 1 aliphatic heterocycles. The molecule has 1 aromatic heterocycles. The third-order valence-electron chi connectivity index (χ3n) is 6.36. The van der Waals surface area contributed by atoms with Crippen LogP contribution in [-0.4, -0.2) is 46.1 Å². The van der Waals surface area contributed by atoms with Crippen LogP contribution in [0.25, 0.3) is 11.1 Å². The fourth-order valence-electron chi connectivity index (χ4n) is 4.27. The number of aromatic amines is 1. The number of benzene rings is 2. The Balaban J connectivity index is 1.45. The van der Waals surface area contributed by atoms with Crippen molar-refractivity contribution in [2.45, 2.75) is 33.7 Å². The third kappa shape index (κ3) is 5.08. The fourth-order valence-corrected chi connectivity index (χ4v) is 4.27. The highest BCUT2D eigenvalue weighted by Crippen LogP contribution is 2.22. The van der Waals surface area contributed by atoms with Gasteiger partial charge < -0.3 is 10.2 Å². The van der Waals surface area contributed by atoms with Gasteiger partial charge in [0.05, 0.1) is 5.92 Å². The van der Waals surface area contributed by atoms with Crippen LogP contribution in [0.1, 0.15) is 22.4 Å². The highest BCUT2D eigenvalue weighted by atomic mass is 16.2. The van der Waals surface area contributed by atoms with Crippen LogP contribution in [0.3, 0.4) is 0 Å². The smallest absolute Gasteiger partial charge is 0.270 e. The molecule has 0 radical (unpaired) electrons. The summed E-state index contributed by atoms with van der Waals surface area (Å²) >= 11 is 0. The van der Waals surface area contributed by atoms with E-state index in [1.807, 2.05) is 25.1 Å². The molecule has 4 rings (SSSR count). The van der Waals surface area contributed by atoms with Crippen LogP contribution in [0.4, 0.5) is 0 Å². The van der Waals surface area contributed by atoms with Gasteiger partial charge in [0, 0.05) is 30.9 Å². The molecular weight excluding hydrogens is 416 g/mol. The van der Waals surface area contributed by atoms with Crippen LogP contribution in [0.5, 0.6) is 0 Å². The number of rotatable bonds is 5. The van der Waals surface area contributed by atoms with Gasteiger partial charge >= 0.3 is 0 Å². The third-order valence-corrected chi connectivity index (χ3v) is 6.36. The van der Waals surface area contributed by atoms with E-state index in [2.05, 4.69) is 47.7 Å². The zero-order valence-electron chi connectivity index (χ0n) is 19.4. The Hall–Kier alpha value is -3.61. The average molecular weight is 447 g/mol. The summed E-state index contributed by atoms with van der Waals surface area (Å²) in [5.41, 5.74) is 5.74. The minimum Gasteiger partial charge on any atom is -0.354 e. The quantitative estimate of drug-likeness (QED) is 0.632. The maximum absolute atomic E-state index is 12.9. The predicted molar refractivity (Wildman–Crippen MR) is 128 cm³/mol. The maximum atomic E-state index is 12.9. The van der Waals surface area contributed by atoms with Gasteiger partial charge in [-0.25, -0.2) is 4.68 Å². The van der Waals surface area contributed by atoms with Crippen LogP contribution in [-0.2, 0) is 22.6 Å². The van der Waals surface area contributed by atoms with Crippen molar-refractivity contribution in [2.24, 2.45) is 5.92 Å². The summed E-state index contributed by atoms with van der Waals surface area (Å²) in [6.45, 7) is 6.74. The van der Waals surface area contributed by atoms with E-state index in [-0.39, 0.29) is 29.8 Å². The first-order valence-corrected chi connectivity index (χ1v) is 11.3. The van der Waals surface area contributed by atoms with Crippen LogP contribution in [0.2, 0.25) is 0 Å². The molecule has 0 spiro atoms. The van der Waals surface area contributed by atoms with Crippen molar-refractivity contribution in [3.05, 3.63) is 81.3 Å². The molecule has 2 amide bonds. The largest absolute Gasteiger partial charge is 0.354 e. The molecular formula is C26H30N4O3. The Morgan fingerprint density at radius 3 is 2.45 bits per heavy atom. The summed E-state index contributed by atoms with van der Waals surface area (Å²) in [5, 5.41) is 5.88. The van der Waals surface area contributed by atoms with Gasteiger partial charge in [-0.15, -0.1) is 0 Å². The second kappa shape index (κ2) is 9.48. The highest BCUT2D eigenvalue weighted by molar-refractivity contribution is 5.82. The summed E-state index contributed by atoms with van der Waals surface area (Å²) in [7, 11) is 0. The lowest BCUT2D eigenvalue weighted by Crippen LogP contribution is -2.40. The van der Waals surface area contributed by atoms with Crippen LogP contribution >= 0.6 is 0 Å². The lowest BCUT2D eigenvalue weighted by atomic mass is 9.95. The van der Waals surface area contributed by atoms with Gasteiger partial charge in [-0.2, -0.15) is 0 Å². The Kier molecular flexibility index (Phi) is 6.49. The second-order valence-electron chi connectivity index (χ2n) is 8.85.